The lowest BCUT2D eigenvalue weighted by atomic mass is 9.96. The van der Waals surface area contributed by atoms with E-state index in [1.54, 1.807) is 13.8 Å². The zero-order chi connectivity index (χ0) is 15.4. The molecule has 0 bridgehead atoms. The Bertz CT molecular complexity index is 425. The van der Waals surface area contributed by atoms with Gasteiger partial charge >= 0.3 is 5.97 Å². The van der Waals surface area contributed by atoms with Crippen LogP contribution in [-0.2, 0) is 15.0 Å². The maximum Gasteiger partial charge on any atom is 0.322 e. The van der Waals surface area contributed by atoms with E-state index in [9.17, 15) is 18.3 Å². The first kappa shape index (κ1) is 17.4. The van der Waals surface area contributed by atoms with Gasteiger partial charge in [-0.3, -0.25) is 4.79 Å². The summed E-state index contributed by atoms with van der Waals surface area (Å²) in [7, 11) is -3.93. The molecule has 1 aliphatic heterocycles. The highest BCUT2D eigenvalue weighted by atomic mass is 32.2. The summed E-state index contributed by atoms with van der Waals surface area (Å²) in [5, 5.41) is 18.6. The molecule has 1 fully saturated rings. The molecule has 7 nitrogen and oxygen atoms in total. The quantitative estimate of drug-likeness (QED) is 0.627. The average molecular weight is 308 g/mol. The van der Waals surface area contributed by atoms with Crippen LogP contribution < -0.4 is 4.72 Å². The van der Waals surface area contributed by atoms with Gasteiger partial charge in [0.05, 0.1) is 12.1 Å². The molecule has 0 radical (unpaired) electrons. The van der Waals surface area contributed by atoms with Crippen LogP contribution in [0.15, 0.2) is 0 Å². The van der Waals surface area contributed by atoms with Gasteiger partial charge in [-0.25, -0.2) is 0 Å². The highest BCUT2D eigenvalue weighted by Gasteiger charge is 2.40. The lowest BCUT2D eigenvalue weighted by molar-refractivity contribution is -0.142. The van der Waals surface area contributed by atoms with Gasteiger partial charge in [0, 0.05) is 6.54 Å². The van der Waals surface area contributed by atoms with Crippen molar-refractivity contribution in [2.75, 3.05) is 13.2 Å². The van der Waals surface area contributed by atoms with E-state index in [1.807, 2.05) is 0 Å². The van der Waals surface area contributed by atoms with E-state index in [2.05, 4.69) is 4.72 Å². The highest BCUT2D eigenvalue weighted by molar-refractivity contribution is 7.87. The van der Waals surface area contributed by atoms with Gasteiger partial charge in [-0.05, 0) is 32.1 Å². The van der Waals surface area contributed by atoms with Crippen molar-refractivity contribution in [2.24, 2.45) is 0 Å². The first-order valence-electron chi connectivity index (χ1n) is 6.96. The smallest absolute Gasteiger partial charge is 0.322 e. The van der Waals surface area contributed by atoms with Crippen LogP contribution >= 0.6 is 0 Å². The van der Waals surface area contributed by atoms with Crippen molar-refractivity contribution in [1.29, 1.82) is 0 Å². The zero-order valence-electron chi connectivity index (χ0n) is 12.0. The largest absolute Gasteiger partial charge is 0.480 e. The molecular weight excluding hydrogens is 284 g/mol. The number of aliphatic hydroxyl groups is 1. The van der Waals surface area contributed by atoms with E-state index in [-0.39, 0.29) is 13.2 Å². The van der Waals surface area contributed by atoms with E-state index >= 15 is 0 Å². The summed E-state index contributed by atoms with van der Waals surface area (Å²) in [6, 6.07) is -1.02. The summed E-state index contributed by atoms with van der Waals surface area (Å²) in [6.45, 7) is 3.45. The van der Waals surface area contributed by atoms with E-state index in [0.29, 0.717) is 32.1 Å². The number of aliphatic hydroxyl groups excluding tert-OH is 1. The molecule has 0 aromatic carbocycles. The Morgan fingerprint density at radius 1 is 1.35 bits per heavy atom. The van der Waals surface area contributed by atoms with Crippen molar-refractivity contribution in [3.8, 4) is 0 Å². The SMILES string of the molecule is CCC(CC)(CO)NS(=O)(=O)N1CCCCC1C(=O)O. The molecule has 0 saturated carbocycles. The van der Waals surface area contributed by atoms with Crippen molar-refractivity contribution in [1.82, 2.24) is 9.03 Å². The van der Waals surface area contributed by atoms with Gasteiger partial charge < -0.3 is 10.2 Å². The van der Waals surface area contributed by atoms with Gasteiger partial charge in [0.25, 0.3) is 10.2 Å². The molecule has 1 aliphatic rings. The molecule has 20 heavy (non-hydrogen) atoms. The molecular formula is C12H24N2O5S. The summed E-state index contributed by atoms with van der Waals surface area (Å²) >= 11 is 0. The van der Waals surface area contributed by atoms with E-state index in [4.69, 9.17) is 5.11 Å². The van der Waals surface area contributed by atoms with Crippen molar-refractivity contribution in [3.63, 3.8) is 0 Å². The number of piperidine rings is 1. The second kappa shape index (κ2) is 6.84. The maximum atomic E-state index is 12.4. The van der Waals surface area contributed by atoms with Crippen molar-refractivity contribution in [2.45, 2.75) is 57.5 Å². The number of carboxylic acids is 1. The number of carboxylic acid groups (broad SMARTS) is 1. The summed E-state index contributed by atoms with van der Waals surface area (Å²) in [6.07, 6.45) is 2.54. The van der Waals surface area contributed by atoms with Crippen molar-refractivity contribution in [3.05, 3.63) is 0 Å². The molecule has 0 spiro atoms. The molecule has 3 N–H and O–H groups in total. The Balaban J connectivity index is 2.99. The Morgan fingerprint density at radius 3 is 2.40 bits per heavy atom. The minimum atomic E-state index is -3.93. The summed E-state index contributed by atoms with van der Waals surface area (Å²) < 4.78 is 28.4. The van der Waals surface area contributed by atoms with E-state index in [1.165, 1.54) is 0 Å². The number of hydrogen-bond acceptors (Lipinski definition) is 4. The van der Waals surface area contributed by atoms with Crippen LogP contribution in [0.2, 0.25) is 0 Å². The van der Waals surface area contributed by atoms with Gasteiger partial charge in [-0.1, -0.05) is 13.8 Å². The van der Waals surface area contributed by atoms with Crippen molar-refractivity contribution >= 4 is 16.2 Å². The second-order valence-corrected chi connectivity index (χ2v) is 6.84. The monoisotopic (exact) mass is 308 g/mol. The summed E-state index contributed by atoms with van der Waals surface area (Å²) in [4.78, 5) is 11.2. The fourth-order valence-corrected chi connectivity index (χ4v) is 4.34. The zero-order valence-corrected chi connectivity index (χ0v) is 12.8. The van der Waals surface area contributed by atoms with Gasteiger partial charge in [-0.15, -0.1) is 0 Å². The fourth-order valence-electron chi connectivity index (χ4n) is 2.42. The number of hydrogen-bond donors (Lipinski definition) is 3. The first-order valence-corrected chi connectivity index (χ1v) is 8.40. The molecule has 1 heterocycles. The van der Waals surface area contributed by atoms with Gasteiger partial charge in [0.2, 0.25) is 0 Å². The number of carbonyl (C=O) groups is 1. The Hall–Kier alpha value is -0.700. The molecule has 0 aromatic rings. The van der Waals surface area contributed by atoms with Crippen LogP contribution in [0.1, 0.15) is 46.0 Å². The third-order valence-electron chi connectivity index (χ3n) is 4.05. The van der Waals surface area contributed by atoms with Gasteiger partial charge in [-0.2, -0.15) is 17.4 Å². The molecule has 8 heteroatoms. The predicted octanol–water partition coefficient (Wildman–Crippen LogP) is 0.311. The van der Waals surface area contributed by atoms with Crippen LogP contribution in [0.5, 0.6) is 0 Å². The fraction of sp³-hybridized carbons (Fsp3) is 0.917. The lowest BCUT2D eigenvalue weighted by Gasteiger charge is -2.37. The Morgan fingerprint density at radius 2 is 1.95 bits per heavy atom. The predicted molar refractivity (Wildman–Crippen MR) is 74.4 cm³/mol. The molecule has 0 amide bonds. The van der Waals surface area contributed by atoms with Crippen LogP contribution in [0.3, 0.4) is 0 Å². The minimum absolute atomic E-state index is 0.196. The Kier molecular flexibility index (Phi) is 5.93. The first-order chi connectivity index (χ1) is 9.32. The Labute approximate surface area is 120 Å². The van der Waals surface area contributed by atoms with Gasteiger partial charge in [0.1, 0.15) is 6.04 Å². The van der Waals surface area contributed by atoms with E-state index in [0.717, 1.165) is 4.31 Å². The normalized spacial score (nSPS) is 21.9. The molecule has 0 aliphatic carbocycles. The topological polar surface area (TPSA) is 107 Å². The molecule has 0 aromatic heterocycles. The molecule has 1 unspecified atom stereocenters. The standard InChI is InChI=1S/C12H24N2O5S/c1-3-12(4-2,9-15)13-20(18,19)14-8-6-5-7-10(14)11(16)17/h10,13,15H,3-9H2,1-2H3,(H,16,17). The minimum Gasteiger partial charge on any atom is -0.480 e. The number of aliphatic carboxylic acids is 1. The summed E-state index contributed by atoms with van der Waals surface area (Å²) in [5.74, 6) is -1.13. The third kappa shape index (κ3) is 3.69. The average Bonchev–Trinajstić information content (AvgIpc) is 2.45. The van der Waals surface area contributed by atoms with Crippen LogP contribution in [0.4, 0.5) is 0 Å². The maximum absolute atomic E-state index is 12.4. The van der Waals surface area contributed by atoms with E-state index < -0.39 is 27.8 Å². The third-order valence-corrected chi connectivity index (χ3v) is 5.79. The molecule has 118 valence electrons. The number of rotatable bonds is 7. The van der Waals surface area contributed by atoms with Crippen LogP contribution in [0.25, 0.3) is 0 Å². The van der Waals surface area contributed by atoms with Crippen LogP contribution in [-0.4, -0.2) is 53.6 Å². The number of nitrogens with one attached hydrogen (secondary N) is 1. The molecule has 1 rings (SSSR count). The molecule has 1 atom stereocenters. The van der Waals surface area contributed by atoms with Gasteiger partial charge in [0.15, 0.2) is 0 Å². The summed E-state index contributed by atoms with van der Waals surface area (Å²) in [5.41, 5.74) is -0.931. The second-order valence-electron chi connectivity index (χ2n) is 5.21. The molecule has 1 saturated heterocycles. The van der Waals surface area contributed by atoms with Crippen LogP contribution in [0, 0.1) is 0 Å². The van der Waals surface area contributed by atoms with Crippen molar-refractivity contribution < 1.29 is 23.4 Å². The highest BCUT2D eigenvalue weighted by Crippen LogP contribution is 2.23. The number of nitrogens with zero attached hydrogens (tertiary/aromatic N) is 1. The lowest BCUT2D eigenvalue weighted by Crippen LogP contribution is -2.59.